The van der Waals surface area contributed by atoms with Gasteiger partial charge >= 0.3 is 6.18 Å². The summed E-state index contributed by atoms with van der Waals surface area (Å²) in [6, 6.07) is 2.88. The molecular weight excluding hydrogens is 275 g/mol. The molecule has 0 aliphatic carbocycles. The lowest BCUT2D eigenvalue weighted by molar-refractivity contribution is -0.141. The molecule has 0 saturated carbocycles. The van der Waals surface area contributed by atoms with Gasteiger partial charge in [0.25, 0.3) is 5.78 Å². The van der Waals surface area contributed by atoms with Crippen LogP contribution >= 0.6 is 0 Å². The molecule has 9 heteroatoms. The van der Waals surface area contributed by atoms with Crippen molar-refractivity contribution in [3.05, 3.63) is 46.8 Å². The minimum absolute atomic E-state index is 0.185. The van der Waals surface area contributed by atoms with Crippen LogP contribution in [-0.4, -0.2) is 24.6 Å². The molecule has 0 atom stereocenters. The van der Waals surface area contributed by atoms with Crippen molar-refractivity contribution in [2.75, 3.05) is 0 Å². The Morgan fingerprint density at radius 1 is 1.25 bits per heavy atom. The molecule has 1 N–H and O–H groups in total. The van der Waals surface area contributed by atoms with Crippen molar-refractivity contribution >= 4 is 5.78 Å². The van der Waals surface area contributed by atoms with Crippen molar-refractivity contribution < 1.29 is 13.2 Å². The molecule has 0 aliphatic rings. The van der Waals surface area contributed by atoms with Gasteiger partial charge in [0.15, 0.2) is 5.69 Å². The lowest BCUT2D eigenvalue weighted by atomic mass is 10.2. The molecule has 3 heterocycles. The van der Waals surface area contributed by atoms with Crippen LogP contribution in [0.1, 0.15) is 5.69 Å². The number of fused-ring (bicyclic) bond motifs is 1. The fourth-order valence-corrected chi connectivity index (χ4v) is 1.71. The van der Waals surface area contributed by atoms with Gasteiger partial charge in [0, 0.05) is 17.8 Å². The van der Waals surface area contributed by atoms with Gasteiger partial charge in [-0.15, -0.1) is 0 Å². The second-order valence-electron chi connectivity index (χ2n) is 3.94. The first kappa shape index (κ1) is 12.3. The summed E-state index contributed by atoms with van der Waals surface area (Å²) in [6.07, 6.45) is -1.23. The van der Waals surface area contributed by atoms with Gasteiger partial charge in [-0.1, -0.05) is 0 Å². The van der Waals surface area contributed by atoms with Crippen molar-refractivity contribution in [1.82, 2.24) is 24.6 Å². The van der Waals surface area contributed by atoms with E-state index in [1.165, 1.54) is 18.5 Å². The summed E-state index contributed by atoms with van der Waals surface area (Å²) in [5, 5.41) is 3.67. The molecule has 0 radical (unpaired) electrons. The van der Waals surface area contributed by atoms with E-state index < -0.39 is 11.9 Å². The molecule has 102 valence electrons. The number of halogens is 3. The average Bonchev–Trinajstić information content (AvgIpc) is 2.80. The van der Waals surface area contributed by atoms with Gasteiger partial charge in [-0.2, -0.15) is 22.8 Å². The first-order valence-electron chi connectivity index (χ1n) is 5.42. The van der Waals surface area contributed by atoms with Crippen LogP contribution in [0.25, 0.3) is 17.0 Å². The Kier molecular flexibility index (Phi) is 2.56. The van der Waals surface area contributed by atoms with Crippen LogP contribution < -0.4 is 5.56 Å². The van der Waals surface area contributed by atoms with Gasteiger partial charge in [-0.25, -0.2) is 9.97 Å². The van der Waals surface area contributed by atoms with E-state index in [0.717, 1.165) is 4.52 Å². The van der Waals surface area contributed by atoms with Gasteiger partial charge < -0.3 is 4.98 Å². The molecule has 0 bridgehead atoms. The maximum atomic E-state index is 12.5. The Hall–Kier alpha value is -2.71. The maximum absolute atomic E-state index is 12.5. The van der Waals surface area contributed by atoms with Crippen LogP contribution in [0.15, 0.2) is 35.5 Å². The highest BCUT2D eigenvalue weighted by atomic mass is 19.4. The Balaban J connectivity index is 2.18. The van der Waals surface area contributed by atoms with E-state index in [1.54, 1.807) is 6.07 Å². The van der Waals surface area contributed by atoms with Crippen LogP contribution in [0.5, 0.6) is 0 Å². The molecule has 6 nitrogen and oxygen atoms in total. The third-order valence-corrected chi connectivity index (χ3v) is 2.60. The highest BCUT2D eigenvalue weighted by Crippen LogP contribution is 2.27. The lowest BCUT2D eigenvalue weighted by Gasteiger charge is -2.05. The smallest absolute Gasteiger partial charge is 0.329 e. The Morgan fingerprint density at radius 2 is 2.05 bits per heavy atom. The van der Waals surface area contributed by atoms with Crippen LogP contribution in [0.2, 0.25) is 0 Å². The topological polar surface area (TPSA) is 75.9 Å². The SMILES string of the molecule is O=c1cc(-c2cnc3nc(C(F)(F)F)cnn23)cc[nH]1. The number of hydrogen-bond donors (Lipinski definition) is 1. The molecule has 0 amide bonds. The van der Waals surface area contributed by atoms with Crippen molar-refractivity contribution in [1.29, 1.82) is 0 Å². The number of alkyl halides is 3. The predicted octanol–water partition coefficient (Wildman–Crippen LogP) is 1.50. The molecule has 3 aromatic heterocycles. The molecule has 0 fully saturated rings. The highest BCUT2D eigenvalue weighted by molar-refractivity contribution is 5.60. The van der Waals surface area contributed by atoms with Crippen LogP contribution in [0, 0.1) is 0 Å². The van der Waals surface area contributed by atoms with E-state index in [1.807, 2.05) is 0 Å². The summed E-state index contributed by atoms with van der Waals surface area (Å²) in [5.74, 6) is -0.185. The minimum Gasteiger partial charge on any atom is -0.329 e. The third-order valence-electron chi connectivity index (χ3n) is 2.60. The number of imidazole rings is 1. The molecule has 3 aromatic rings. The standard InChI is InChI=1S/C11H6F3N5O/c12-11(13,14)8-5-17-19-7(4-16-10(19)18-8)6-1-2-15-9(20)3-6/h1-5H,(H,15,20). The quantitative estimate of drug-likeness (QED) is 0.733. The molecular formula is C11H6F3N5O. The maximum Gasteiger partial charge on any atom is 0.435 e. The van der Waals surface area contributed by atoms with Crippen molar-refractivity contribution in [3.63, 3.8) is 0 Å². The van der Waals surface area contributed by atoms with E-state index in [4.69, 9.17) is 0 Å². The van der Waals surface area contributed by atoms with E-state index in [2.05, 4.69) is 20.1 Å². The molecule has 0 spiro atoms. The predicted molar refractivity (Wildman–Crippen MR) is 61.8 cm³/mol. The summed E-state index contributed by atoms with van der Waals surface area (Å²) in [6.45, 7) is 0. The van der Waals surface area contributed by atoms with E-state index >= 15 is 0 Å². The molecule has 0 aromatic carbocycles. The van der Waals surface area contributed by atoms with Crippen molar-refractivity contribution in [2.45, 2.75) is 6.18 Å². The van der Waals surface area contributed by atoms with Crippen LogP contribution in [0.4, 0.5) is 13.2 Å². The third kappa shape index (κ3) is 2.02. The zero-order chi connectivity index (χ0) is 14.3. The highest BCUT2D eigenvalue weighted by Gasteiger charge is 2.33. The Labute approximate surface area is 108 Å². The van der Waals surface area contributed by atoms with Crippen molar-refractivity contribution in [3.8, 4) is 11.3 Å². The summed E-state index contributed by atoms with van der Waals surface area (Å²) in [7, 11) is 0. The summed E-state index contributed by atoms with van der Waals surface area (Å²) in [4.78, 5) is 20.8. The summed E-state index contributed by atoms with van der Waals surface area (Å²) < 4.78 is 38.7. The molecule has 0 unspecified atom stereocenters. The van der Waals surface area contributed by atoms with Gasteiger partial charge in [0.05, 0.1) is 18.1 Å². The van der Waals surface area contributed by atoms with Gasteiger partial charge in [0.1, 0.15) is 0 Å². The van der Waals surface area contributed by atoms with Gasteiger partial charge in [-0.05, 0) is 6.07 Å². The molecule has 0 aliphatic heterocycles. The average molecular weight is 281 g/mol. The first-order valence-corrected chi connectivity index (χ1v) is 5.42. The number of nitrogens with zero attached hydrogens (tertiary/aromatic N) is 4. The van der Waals surface area contributed by atoms with Gasteiger partial charge in [-0.3, -0.25) is 4.79 Å². The van der Waals surface area contributed by atoms with Crippen molar-refractivity contribution in [2.24, 2.45) is 0 Å². The number of rotatable bonds is 1. The molecule has 3 rings (SSSR count). The zero-order valence-corrected chi connectivity index (χ0v) is 9.72. The van der Waals surface area contributed by atoms with E-state index in [0.29, 0.717) is 17.5 Å². The molecule has 20 heavy (non-hydrogen) atoms. The number of pyridine rings is 1. The Bertz CT molecular complexity index is 836. The number of aromatic nitrogens is 5. The van der Waals surface area contributed by atoms with Crippen LogP contribution in [0.3, 0.4) is 0 Å². The number of H-pyrrole nitrogens is 1. The van der Waals surface area contributed by atoms with Gasteiger partial charge in [0.2, 0.25) is 5.56 Å². The Morgan fingerprint density at radius 3 is 2.75 bits per heavy atom. The molecule has 0 saturated heterocycles. The van der Waals surface area contributed by atoms with E-state index in [-0.39, 0.29) is 11.3 Å². The van der Waals surface area contributed by atoms with Crippen LogP contribution in [-0.2, 0) is 6.18 Å². The monoisotopic (exact) mass is 281 g/mol. The lowest BCUT2D eigenvalue weighted by Crippen LogP contribution is -2.11. The number of nitrogens with one attached hydrogen (secondary N) is 1. The summed E-state index contributed by atoms with van der Waals surface area (Å²) in [5.41, 5.74) is -0.590. The normalized spacial score (nSPS) is 11.9. The second kappa shape index (κ2) is 4.15. The number of hydrogen-bond acceptors (Lipinski definition) is 4. The summed E-state index contributed by atoms with van der Waals surface area (Å²) >= 11 is 0. The second-order valence-corrected chi connectivity index (χ2v) is 3.94. The fraction of sp³-hybridized carbons (Fsp3) is 0.0909. The minimum atomic E-state index is -4.58. The largest absolute Gasteiger partial charge is 0.435 e. The number of aromatic amines is 1. The van der Waals surface area contributed by atoms with E-state index in [9.17, 15) is 18.0 Å². The fourth-order valence-electron chi connectivity index (χ4n) is 1.71. The first-order chi connectivity index (χ1) is 9.45. The zero-order valence-electron chi connectivity index (χ0n) is 9.72.